The fraction of sp³-hybridized carbons (Fsp3) is 0.167. The lowest BCUT2D eigenvalue weighted by Gasteiger charge is -2.07. The monoisotopic (exact) mass is 215 g/mol. The van der Waals surface area contributed by atoms with Crippen molar-refractivity contribution in [1.29, 1.82) is 0 Å². The van der Waals surface area contributed by atoms with Gasteiger partial charge in [0.25, 0.3) is 5.91 Å². The number of nitrogens with two attached hydrogens (primary N) is 1. The molecule has 0 unspecified atom stereocenters. The summed E-state index contributed by atoms with van der Waals surface area (Å²) in [4.78, 5) is 15.9. The van der Waals surface area contributed by atoms with Crippen LogP contribution in [0.25, 0.3) is 10.8 Å². The Bertz CT molecular complexity index is 532. The topological polar surface area (TPSA) is 68.0 Å². The van der Waals surface area contributed by atoms with E-state index in [2.05, 4.69) is 10.3 Å². The maximum Gasteiger partial charge on any atom is 0.270 e. The molecule has 0 bridgehead atoms. The van der Waals surface area contributed by atoms with Crippen LogP contribution in [0.15, 0.2) is 30.5 Å². The van der Waals surface area contributed by atoms with Crippen LogP contribution in [0.2, 0.25) is 0 Å². The zero-order valence-electron chi connectivity index (χ0n) is 9.03. The number of rotatable bonds is 2. The Labute approximate surface area is 93.5 Å². The summed E-state index contributed by atoms with van der Waals surface area (Å²) in [5, 5.41) is 4.37. The lowest BCUT2D eigenvalue weighted by atomic mass is 10.1. The molecule has 3 N–H and O–H groups in total. The molecule has 0 aliphatic carbocycles. The van der Waals surface area contributed by atoms with Crippen LogP contribution in [0.5, 0.6) is 0 Å². The van der Waals surface area contributed by atoms with Crippen molar-refractivity contribution in [3.8, 4) is 0 Å². The number of hydrogen-bond acceptors (Lipinski definition) is 3. The van der Waals surface area contributed by atoms with E-state index in [1.807, 2.05) is 25.1 Å². The van der Waals surface area contributed by atoms with Crippen LogP contribution in [-0.4, -0.2) is 17.4 Å². The van der Waals surface area contributed by atoms with Gasteiger partial charge >= 0.3 is 0 Å². The average molecular weight is 215 g/mol. The van der Waals surface area contributed by atoms with Gasteiger partial charge in [0, 0.05) is 23.8 Å². The van der Waals surface area contributed by atoms with E-state index < -0.39 is 0 Å². The number of nitrogens with zero attached hydrogens (tertiary/aromatic N) is 1. The van der Waals surface area contributed by atoms with E-state index in [0.717, 1.165) is 10.8 Å². The minimum absolute atomic E-state index is 0.189. The molecule has 0 aliphatic heterocycles. The van der Waals surface area contributed by atoms with E-state index in [1.165, 1.54) is 0 Å². The van der Waals surface area contributed by atoms with Crippen molar-refractivity contribution in [3.05, 3.63) is 36.2 Å². The first kappa shape index (κ1) is 10.4. The predicted molar refractivity (Wildman–Crippen MR) is 64.2 cm³/mol. The molecule has 2 rings (SSSR count). The number of carbonyl (C=O) groups excluding carboxylic acids is 1. The summed E-state index contributed by atoms with van der Waals surface area (Å²) < 4.78 is 0. The fourth-order valence-corrected chi connectivity index (χ4v) is 1.67. The van der Waals surface area contributed by atoms with Crippen LogP contribution in [0.1, 0.15) is 17.4 Å². The molecule has 4 heteroatoms. The van der Waals surface area contributed by atoms with Crippen molar-refractivity contribution in [2.45, 2.75) is 6.92 Å². The number of benzene rings is 1. The van der Waals surface area contributed by atoms with Gasteiger partial charge in [-0.2, -0.15) is 0 Å². The van der Waals surface area contributed by atoms with Gasteiger partial charge < -0.3 is 11.1 Å². The van der Waals surface area contributed by atoms with Crippen molar-refractivity contribution < 1.29 is 4.79 Å². The van der Waals surface area contributed by atoms with Gasteiger partial charge in [-0.05, 0) is 24.4 Å². The Morgan fingerprint density at radius 3 is 3.00 bits per heavy atom. The molecule has 82 valence electrons. The van der Waals surface area contributed by atoms with Crippen LogP contribution >= 0.6 is 0 Å². The van der Waals surface area contributed by atoms with E-state index >= 15 is 0 Å². The predicted octanol–water partition coefficient (Wildman–Crippen LogP) is 1.57. The number of nitrogens with one attached hydrogen (secondary N) is 1. The SMILES string of the molecule is CCNC(=O)c1nccc2cccc(N)c12. The number of nitrogen functional groups attached to an aromatic ring is 1. The molecule has 1 heterocycles. The van der Waals surface area contributed by atoms with Gasteiger partial charge in [-0.3, -0.25) is 9.78 Å². The maximum absolute atomic E-state index is 11.8. The van der Waals surface area contributed by atoms with Crippen molar-refractivity contribution in [3.63, 3.8) is 0 Å². The molecular weight excluding hydrogens is 202 g/mol. The third-order valence-corrected chi connectivity index (χ3v) is 2.38. The summed E-state index contributed by atoms with van der Waals surface area (Å²) in [6.07, 6.45) is 1.62. The van der Waals surface area contributed by atoms with Crippen molar-refractivity contribution in [2.75, 3.05) is 12.3 Å². The molecule has 0 radical (unpaired) electrons. The smallest absolute Gasteiger partial charge is 0.270 e. The Kier molecular flexibility index (Phi) is 2.72. The second-order valence-electron chi connectivity index (χ2n) is 3.46. The molecule has 0 atom stereocenters. The Hall–Kier alpha value is -2.10. The van der Waals surface area contributed by atoms with Gasteiger partial charge in [0.2, 0.25) is 0 Å². The van der Waals surface area contributed by atoms with Gasteiger partial charge in [0.1, 0.15) is 5.69 Å². The summed E-state index contributed by atoms with van der Waals surface area (Å²) in [5.41, 5.74) is 6.83. The molecule has 1 amide bonds. The third-order valence-electron chi connectivity index (χ3n) is 2.38. The highest BCUT2D eigenvalue weighted by atomic mass is 16.1. The van der Waals surface area contributed by atoms with Crippen molar-refractivity contribution >= 4 is 22.4 Å². The maximum atomic E-state index is 11.8. The van der Waals surface area contributed by atoms with Crippen LogP contribution in [0, 0.1) is 0 Å². The second kappa shape index (κ2) is 4.18. The first-order chi connectivity index (χ1) is 7.74. The number of fused-ring (bicyclic) bond motifs is 1. The minimum atomic E-state index is -0.189. The molecule has 0 spiro atoms. The van der Waals surface area contributed by atoms with Gasteiger partial charge in [-0.25, -0.2) is 0 Å². The van der Waals surface area contributed by atoms with Crippen molar-refractivity contribution in [2.24, 2.45) is 0 Å². The number of anilines is 1. The zero-order chi connectivity index (χ0) is 11.5. The van der Waals surface area contributed by atoms with Gasteiger partial charge in [0.15, 0.2) is 0 Å². The quantitative estimate of drug-likeness (QED) is 0.747. The second-order valence-corrected chi connectivity index (χ2v) is 3.46. The van der Waals surface area contributed by atoms with Crippen LogP contribution in [-0.2, 0) is 0 Å². The molecular formula is C12H13N3O. The Morgan fingerprint density at radius 2 is 2.25 bits per heavy atom. The molecule has 0 fully saturated rings. The summed E-state index contributed by atoms with van der Waals surface area (Å²) in [6, 6.07) is 7.39. The molecule has 1 aromatic heterocycles. The first-order valence-corrected chi connectivity index (χ1v) is 5.15. The van der Waals surface area contributed by atoms with Gasteiger partial charge in [0.05, 0.1) is 0 Å². The number of hydrogen-bond donors (Lipinski definition) is 2. The average Bonchev–Trinajstić information content (AvgIpc) is 2.29. The molecule has 0 aliphatic rings. The summed E-state index contributed by atoms with van der Waals surface area (Å²) in [7, 11) is 0. The molecule has 0 saturated carbocycles. The zero-order valence-corrected chi connectivity index (χ0v) is 9.03. The number of pyridine rings is 1. The number of amides is 1. The lowest BCUT2D eigenvalue weighted by Crippen LogP contribution is -2.24. The van der Waals surface area contributed by atoms with E-state index in [4.69, 9.17) is 5.73 Å². The van der Waals surface area contributed by atoms with Gasteiger partial charge in [-0.1, -0.05) is 12.1 Å². The minimum Gasteiger partial charge on any atom is -0.398 e. The molecule has 1 aromatic carbocycles. The fourth-order valence-electron chi connectivity index (χ4n) is 1.67. The first-order valence-electron chi connectivity index (χ1n) is 5.15. The lowest BCUT2D eigenvalue weighted by molar-refractivity contribution is 0.0952. The van der Waals surface area contributed by atoms with Crippen LogP contribution in [0.4, 0.5) is 5.69 Å². The number of carbonyl (C=O) groups is 1. The summed E-state index contributed by atoms with van der Waals surface area (Å²) in [6.45, 7) is 2.44. The molecule has 4 nitrogen and oxygen atoms in total. The highest BCUT2D eigenvalue weighted by Crippen LogP contribution is 2.22. The Balaban J connectivity index is 2.65. The van der Waals surface area contributed by atoms with Gasteiger partial charge in [-0.15, -0.1) is 0 Å². The normalized spacial score (nSPS) is 10.3. The molecule has 16 heavy (non-hydrogen) atoms. The highest BCUT2D eigenvalue weighted by Gasteiger charge is 2.12. The van der Waals surface area contributed by atoms with E-state index in [9.17, 15) is 4.79 Å². The standard InChI is InChI=1S/C12H13N3O/c1-2-14-12(16)11-10-8(6-7-15-11)4-3-5-9(10)13/h3-7H,2,13H2,1H3,(H,14,16). The van der Waals surface area contributed by atoms with E-state index in [-0.39, 0.29) is 5.91 Å². The summed E-state index contributed by atoms with van der Waals surface area (Å²) in [5.74, 6) is -0.189. The van der Waals surface area contributed by atoms with E-state index in [1.54, 1.807) is 12.3 Å². The van der Waals surface area contributed by atoms with Crippen LogP contribution < -0.4 is 11.1 Å². The Morgan fingerprint density at radius 1 is 1.44 bits per heavy atom. The molecule has 0 saturated heterocycles. The van der Waals surface area contributed by atoms with E-state index in [0.29, 0.717) is 17.9 Å². The van der Waals surface area contributed by atoms with Crippen molar-refractivity contribution in [1.82, 2.24) is 10.3 Å². The molecule has 2 aromatic rings. The largest absolute Gasteiger partial charge is 0.398 e. The third kappa shape index (κ3) is 1.69. The number of aromatic nitrogens is 1. The highest BCUT2D eigenvalue weighted by molar-refractivity contribution is 6.09. The summed E-state index contributed by atoms with van der Waals surface area (Å²) >= 11 is 0. The van der Waals surface area contributed by atoms with Crippen LogP contribution in [0.3, 0.4) is 0 Å².